The number of nitrogens with zero attached hydrogens (tertiary/aromatic N) is 1. The van der Waals surface area contributed by atoms with E-state index in [0.29, 0.717) is 5.56 Å². The third-order valence-corrected chi connectivity index (χ3v) is 8.24. The van der Waals surface area contributed by atoms with E-state index in [0.717, 1.165) is 38.8 Å². The van der Waals surface area contributed by atoms with Crippen molar-refractivity contribution in [3.05, 3.63) is 125 Å². The van der Waals surface area contributed by atoms with Crippen LogP contribution < -0.4 is 5.46 Å². The lowest BCUT2D eigenvalue weighted by atomic mass is 9.66. The van der Waals surface area contributed by atoms with E-state index in [4.69, 9.17) is 9.31 Å². The van der Waals surface area contributed by atoms with Crippen LogP contribution in [0.25, 0.3) is 11.1 Å². The summed E-state index contributed by atoms with van der Waals surface area (Å²) in [5.41, 5.74) is 6.92. The van der Waals surface area contributed by atoms with E-state index in [1.54, 1.807) is 0 Å². The molecule has 4 aromatic rings. The van der Waals surface area contributed by atoms with Crippen LogP contribution in [0.5, 0.6) is 0 Å². The Labute approximate surface area is 213 Å². The largest absolute Gasteiger partial charge is 0.494 e. The lowest BCUT2D eigenvalue weighted by Gasteiger charge is -2.34. The zero-order chi connectivity index (χ0) is 25.1. The van der Waals surface area contributed by atoms with E-state index in [-0.39, 0.29) is 0 Å². The standard InChI is InChI=1S/C32H28BNO2/c1-30(2)31(3,4)36-33(35-30)25-18-19-26-28(20-25)32(23-13-7-5-8-14-23,24-15-9-6-10-16-24)27-17-11-12-22(21-34)29(26)27/h5-20H,1-4H3. The molecule has 36 heavy (non-hydrogen) atoms. The van der Waals surface area contributed by atoms with Crippen LogP contribution >= 0.6 is 0 Å². The molecule has 0 N–H and O–H groups in total. The molecule has 0 atom stereocenters. The number of hydrogen-bond donors (Lipinski definition) is 0. The molecule has 0 saturated carbocycles. The molecular weight excluding hydrogens is 441 g/mol. The fourth-order valence-corrected chi connectivity index (χ4v) is 5.77. The van der Waals surface area contributed by atoms with E-state index in [1.165, 1.54) is 0 Å². The highest BCUT2D eigenvalue weighted by atomic mass is 16.7. The molecule has 1 saturated heterocycles. The molecule has 176 valence electrons. The quantitative estimate of drug-likeness (QED) is 0.295. The SMILES string of the molecule is CC1(C)OB(c2ccc3c(c2)C(c2ccccc2)(c2ccccc2)c2cccc(C#N)c2-3)OC1(C)C. The predicted molar refractivity (Wildman–Crippen MR) is 144 cm³/mol. The Morgan fingerprint density at radius 1 is 0.667 bits per heavy atom. The second-order valence-corrected chi connectivity index (χ2v) is 10.7. The molecule has 0 aromatic heterocycles. The zero-order valence-corrected chi connectivity index (χ0v) is 21.1. The Morgan fingerprint density at radius 2 is 1.25 bits per heavy atom. The maximum atomic E-state index is 10.1. The zero-order valence-electron chi connectivity index (χ0n) is 21.1. The van der Waals surface area contributed by atoms with Crippen LogP contribution in [0.2, 0.25) is 0 Å². The Bertz CT molecular complexity index is 1450. The van der Waals surface area contributed by atoms with Gasteiger partial charge in [0.2, 0.25) is 0 Å². The molecule has 1 aliphatic carbocycles. The molecule has 6 rings (SSSR count). The van der Waals surface area contributed by atoms with Crippen LogP contribution in [0.1, 0.15) is 55.5 Å². The summed E-state index contributed by atoms with van der Waals surface area (Å²) in [7, 11) is -0.469. The van der Waals surface area contributed by atoms with Crippen LogP contribution in [-0.2, 0) is 14.7 Å². The van der Waals surface area contributed by atoms with Crippen molar-refractivity contribution in [2.45, 2.75) is 44.3 Å². The van der Waals surface area contributed by atoms with Gasteiger partial charge in [-0.25, -0.2) is 0 Å². The molecule has 0 radical (unpaired) electrons. The van der Waals surface area contributed by atoms with Gasteiger partial charge in [-0.15, -0.1) is 0 Å². The van der Waals surface area contributed by atoms with E-state index >= 15 is 0 Å². The fraction of sp³-hybridized carbons (Fsp3) is 0.219. The molecule has 4 aromatic carbocycles. The molecule has 3 nitrogen and oxygen atoms in total. The second-order valence-electron chi connectivity index (χ2n) is 10.7. The Balaban J connectivity index is 1.68. The number of nitriles is 1. The van der Waals surface area contributed by atoms with Gasteiger partial charge in [-0.05, 0) is 67.0 Å². The fourth-order valence-electron chi connectivity index (χ4n) is 5.77. The summed E-state index contributed by atoms with van der Waals surface area (Å²) < 4.78 is 12.9. The molecular formula is C32H28BNO2. The maximum absolute atomic E-state index is 10.1. The van der Waals surface area contributed by atoms with Crippen molar-refractivity contribution in [1.82, 2.24) is 0 Å². The third kappa shape index (κ3) is 3.07. The summed E-state index contributed by atoms with van der Waals surface area (Å²) in [6.45, 7) is 8.31. The average molecular weight is 469 g/mol. The monoisotopic (exact) mass is 469 g/mol. The summed E-state index contributed by atoms with van der Waals surface area (Å²) in [5.74, 6) is 0. The van der Waals surface area contributed by atoms with Gasteiger partial charge in [0.1, 0.15) is 0 Å². The molecule has 0 spiro atoms. The molecule has 2 aliphatic rings. The van der Waals surface area contributed by atoms with E-state index in [1.807, 2.05) is 24.3 Å². The Hall–Kier alpha value is -3.65. The number of benzene rings is 4. The van der Waals surface area contributed by atoms with Gasteiger partial charge in [0.05, 0.1) is 28.2 Å². The molecule has 1 fully saturated rings. The van der Waals surface area contributed by atoms with Crippen molar-refractivity contribution < 1.29 is 9.31 Å². The van der Waals surface area contributed by atoms with Crippen molar-refractivity contribution in [1.29, 1.82) is 5.26 Å². The van der Waals surface area contributed by atoms with Crippen molar-refractivity contribution in [3.63, 3.8) is 0 Å². The van der Waals surface area contributed by atoms with Gasteiger partial charge in [-0.2, -0.15) is 5.26 Å². The van der Waals surface area contributed by atoms with Crippen LogP contribution in [0.3, 0.4) is 0 Å². The van der Waals surface area contributed by atoms with Crippen LogP contribution in [0, 0.1) is 11.3 Å². The molecule has 0 unspecified atom stereocenters. The first-order valence-electron chi connectivity index (χ1n) is 12.4. The molecule has 4 heteroatoms. The van der Waals surface area contributed by atoms with E-state index < -0.39 is 23.7 Å². The van der Waals surface area contributed by atoms with Crippen molar-refractivity contribution in [3.8, 4) is 17.2 Å². The molecule has 0 amide bonds. The van der Waals surface area contributed by atoms with E-state index in [9.17, 15) is 5.26 Å². The normalized spacial score (nSPS) is 18.4. The minimum Gasteiger partial charge on any atom is -0.399 e. The average Bonchev–Trinajstić information content (AvgIpc) is 3.31. The number of hydrogen-bond acceptors (Lipinski definition) is 3. The van der Waals surface area contributed by atoms with E-state index in [2.05, 4.69) is 107 Å². The van der Waals surface area contributed by atoms with Crippen molar-refractivity contribution in [2.24, 2.45) is 0 Å². The lowest BCUT2D eigenvalue weighted by molar-refractivity contribution is 0.00578. The van der Waals surface area contributed by atoms with Crippen molar-refractivity contribution >= 4 is 12.6 Å². The summed E-state index contributed by atoms with van der Waals surface area (Å²) in [4.78, 5) is 0. The minimum absolute atomic E-state index is 0.427. The molecule has 1 heterocycles. The highest BCUT2D eigenvalue weighted by molar-refractivity contribution is 6.62. The van der Waals surface area contributed by atoms with Crippen molar-refractivity contribution in [2.75, 3.05) is 0 Å². The Kier molecular flexibility index (Phi) is 5.02. The first-order chi connectivity index (χ1) is 17.3. The highest BCUT2D eigenvalue weighted by Gasteiger charge is 2.53. The predicted octanol–water partition coefficient (Wildman–Crippen LogP) is 6.22. The minimum atomic E-state index is -0.570. The van der Waals surface area contributed by atoms with Gasteiger partial charge in [-0.3, -0.25) is 0 Å². The lowest BCUT2D eigenvalue weighted by Crippen LogP contribution is -2.41. The van der Waals surface area contributed by atoms with Crippen LogP contribution in [0.4, 0.5) is 0 Å². The summed E-state index contributed by atoms with van der Waals surface area (Å²) in [6, 6.07) is 36.2. The van der Waals surface area contributed by atoms with Gasteiger partial charge in [-0.1, -0.05) is 91.0 Å². The van der Waals surface area contributed by atoms with Gasteiger partial charge in [0, 0.05) is 5.56 Å². The number of fused-ring (bicyclic) bond motifs is 3. The molecule has 1 aliphatic heterocycles. The topological polar surface area (TPSA) is 42.2 Å². The van der Waals surface area contributed by atoms with Crippen LogP contribution in [0.15, 0.2) is 97.1 Å². The summed E-state index contributed by atoms with van der Waals surface area (Å²) >= 11 is 0. The van der Waals surface area contributed by atoms with Gasteiger partial charge in [0.25, 0.3) is 0 Å². The smallest absolute Gasteiger partial charge is 0.399 e. The van der Waals surface area contributed by atoms with Gasteiger partial charge >= 0.3 is 7.12 Å². The van der Waals surface area contributed by atoms with Crippen LogP contribution in [-0.4, -0.2) is 18.3 Å². The first-order valence-corrected chi connectivity index (χ1v) is 12.4. The maximum Gasteiger partial charge on any atom is 0.494 e. The van der Waals surface area contributed by atoms with Gasteiger partial charge in [0.15, 0.2) is 0 Å². The Morgan fingerprint density at radius 3 is 1.81 bits per heavy atom. The molecule has 0 bridgehead atoms. The highest BCUT2D eigenvalue weighted by Crippen LogP contribution is 2.56. The summed E-state index contributed by atoms with van der Waals surface area (Å²) in [5, 5.41) is 10.1. The number of rotatable bonds is 3. The second kappa shape index (κ2) is 7.93. The first kappa shape index (κ1) is 22.8. The third-order valence-electron chi connectivity index (χ3n) is 8.24. The van der Waals surface area contributed by atoms with Gasteiger partial charge < -0.3 is 9.31 Å². The summed E-state index contributed by atoms with van der Waals surface area (Å²) in [6.07, 6.45) is 0.